The van der Waals surface area contributed by atoms with E-state index < -0.39 is 15.4 Å². The summed E-state index contributed by atoms with van der Waals surface area (Å²) in [5, 5.41) is 9.98. The highest BCUT2D eigenvalue weighted by molar-refractivity contribution is 7.90. The van der Waals surface area contributed by atoms with Crippen molar-refractivity contribution in [2.24, 2.45) is 5.92 Å². The summed E-state index contributed by atoms with van der Waals surface area (Å²) in [6.45, 7) is 5.79. The molecule has 3 nitrogen and oxygen atoms in total. The molecule has 0 spiro atoms. The Bertz CT molecular complexity index is 255. The van der Waals surface area contributed by atoms with Crippen molar-refractivity contribution in [1.82, 2.24) is 0 Å². The van der Waals surface area contributed by atoms with Crippen LogP contribution in [0.3, 0.4) is 0 Å². The van der Waals surface area contributed by atoms with E-state index in [0.717, 1.165) is 6.42 Å². The third-order valence-corrected chi connectivity index (χ3v) is 3.90. The molecule has 0 aliphatic heterocycles. The van der Waals surface area contributed by atoms with E-state index in [4.69, 9.17) is 0 Å². The fourth-order valence-electron chi connectivity index (χ4n) is 1.38. The summed E-state index contributed by atoms with van der Waals surface area (Å²) in [6.07, 6.45) is 3.22. The van der Waals surface area contributed by atoms with Crippen LogP contribution in [-0.4, -0.2) is 31.1 Å². The van der Waals surface area contributed by atoms with Crippen LogP contribution in [0.15, 0.2) is 0 Å². The summed E-state index contributed by atoms with van der Waals surface area (Å²) in [5.74, 6) is 0.376. The molecule has 0 saturated heterocycles. The van der Waals surface area contributed by atoms with Gasteiger partial charge in [-0.05, 0) is 25.7 Å². The summed E-state index contributed by atoms with van der Waals surface area (Å²) in [6, 6.07) is 0. The van der Waals surface area contributed by atoms with Crippen molar-refractivity contribution >= 4 is 9.84 Å². The predicted molar refractivity (Wildman–Crippen MR) is 59.0 cm³/mol. The van der Waals surface area contributed by atoms with Crippen LogP contribution in [0.25, 0.3) is 0 Å². The maximum atomic E-state index is 10.9. The standard InChI is InChI=1S/C10H22O3S/c1-5-9(2)10(3,11)7-6-8-14(4,12)13/h9,11H,5-8H2,1-4H3. The maximum absolute atomic E-state index is 10.9. The van der Waals surface area contributed by atoms with Gasteiger partial charge in [-0.2, -0.15) is 0 Å². The largest absolute Gasteiger partial charge is 0.390 e. The zero-order valence-corrected chi connectivity index (χ0v) is 10.4. The van der Waals surface area contributed by atoms with Crippen molar-refractivity contribution in [1.29, 1.82) is 0 Å². The molecule has 0 aromatic rings. The van der Waals surface area contributed by atoms with Gasteiger partial charge in [0.2, 0.25) is 0 Å². The molecular formula is C10H22O3S. The van der Waals surface area contributed by atoms with E-state index in [1.54, 1.807) is 6.92 Å². The third kappa shape index (κ3) is 5.60. The van der Waals surface area contributed by atoms with Crippen LogP contribution in [0.2, 0.25) is 0 Å². The van der Waals surface area contributed by atoms with Gasteiger partial charge in [0.1, 0.15) is 9.84 Å². The van der Waals surface area contributed by atoms with Gasteiger partial charge < -0.3 is 5.11 Å². The minimum Gasteiger partial charge on any atom is -0.390 e. The Labute approximate surface area is 87.4 Å². The highest BCUT2D eigenvalue weighted by atomic mass is 32.2. The van der Waals surface area contributed by atoms with E-state index >= 15 is 0 Å². The average molecular weight is 222 g/mol. The van der Waals surface area contributed by atoms with E-state index in [1.165, 1.54) is 6.26 Å². The molecule has 0 fully saturated rings. The van der Waals surface area contributed by atoms with Gasteiger partial charge in [0.05, 0.1) is 5.60 Å². The molecule has 0 radical (unpaired) electrons. The van der Waals surface area contributed by atoms with Crippen LogP contribution in [0, 0.1) is 5.92 Å². The fourth-order valence-corrected chi connectivity index (χ4v) is 2.05. The molecule has 0 heterocycles. The topological polar surface area (TPSA) is 54.4 Å². The Kier molecular flexibility index (Phi) is 5.09. The van der Waals surface area contributed by atoms with Crippen LogP contribution in [0.1, 0.15) is 40.0 Å². The molecular weight excluding hydrogens is 200 g/mol. The third-order valence-electron chi connectivity index (χ3n) is 2.87. The van der Waals surface area contributed by atoms with Crippen molar-refractivity contribution in [2.45, 2.75) is 45.6 Å². The van der Waals surface area contributed by atoms with E-state index in [9.17, 15) is 13.5 Å². The Morgan fingerprint density at radius 3 is 2.29 bits per heavy atom. The first-order chi connectivity index (χ1) is 6.19. The zero-order chi connectivity index (χ0) is 11.4. The number of rotatable bonds is 6. The first kappa shape index (κ1) is 13.9. The van der Waals surface area contributed by atoms with E-state index in [2.05, 4.69) is 0 Å². The molecule has 86 valence electrons. The highest BCUT2D eigenvalue weighted by Gasteiger charge is 2.26. The van der Waals surface area contributed by atoms with Crippen molar-refractivity contribution in [2.75, 3.05) is 12.0 Å². The molecule has 0 rings (SSSR count). The van der Waals surface area contributed by atoms with Crippen molar-refractivity contribution in [3.63, 3.8) is 0 Å². The van der Waals surface area contributed by atoms with Crippen molar-refractivity contribution < 1.29 is 13.5 Å². The lowest BCUT2D eigenvalue weighted by molar-refractivity contribution is -0.00352. The molecule has 0 saturated carbocycles. The summed E-state index contributed by atoms with van der Waals surface area (Å²) in [5.41, 5.74) is -0.737. The number of sulfone groups is 1. The molecule has 0 aliphatic rings. The minimum atomic E-state index is -2.89. The first-order valence-corrected chi connectivity index (χ1v) is 7.15. The van der Waals surface area contributed by atoms with Gasteiger partial charge >= 0.3 is 0 Å². The molecule has 4 heteroatoms. The van der Waals surface area contributed by atoms with Crippen LogP contribution >= 0.6 is 0 Å². The Hall–Kier alpha value is -0.0900. The number of hydrogen-bond donors (Lipinski definition) is 1. The SMILES string of the molecule is CCC(C)C(C)(O)CCCS(C)(=O)=O. The Morgan fingerprint density at radius 2 is 1.93 bits per heavy atom. The van der Waals surface area contributed by atoms with Gasteiger partial charge in [0.25, 0.3) is 0 Å². The summed E-state index contributed by atoms with van der Waals surface area (Å²) >= 11 is 0. The second-order valence-electron chi connectivity index (χ2n) is 4.40. The summed E-state index contributed by atoms with van der Waals surface area (Å²) in [4.78, 5) is 0. The van der Waals surface area contributed by atoms with Crippen LogP contribution in [0.4, 0.5) is 0 Å². The highest BCUT2D eigenvalue weighted by Crippen LogP contribution is 2.24. The van der Waals surface area contributed by atoms with Gasteiger partial charge in [-0.1, -0.05) is 20.3 Å². The van der Waals surface area contributed by atoms with E-state index in [0.29, 0.717) is 12.8 Å². The number of hydrogen-bond acceptors (Lipinski definition) is 3. The van der Waals surface area contributed by atoms with Gasteiger partial charge in [-0.3, -0.25) is 0 Å². The van der Waals surface area contributed by atoms with Crippen LogP contribution in [0.5, 0.6) is 0 Å². The van der Waals surface area contributed by atoms with Gasteiger partial charge in [-0.15, -0.1) is 0 Å². The molecule has 2 unspecified atom stereocenters. The Balaban J connectivity index is 4.00. The van der Waals surface area contributed by atoms with Crippen LogP contribution < -0.4 is 0 Å². The summed E-state index contributed by atoms with van der Waals surface area (Å²) < 4.78 is 21.7. The molecule has 0 bridgehead atoms. The minimum absolute atomic E-state index is 0.166. The lowest BCUT2D eigenvalue weighted by Gasteiger charge is -2.29. The van der Waals surface area contributed by atoms with E-state index in [1.807, 2.05) is 13.8 Å². The molecule has 1 N–H and O–H groups in total. The predicted octanol–water partition coefficient (Wildman–Crippen LogP) is 1.61. The van der Waals surface area contributed by atoms with Gasteiger partial charge in [0, 0.05) is 12.0 Å². The smallest absolute Gasteiger partial charge is 0.147 e. The quantitative estimate of drug-likeness (QED) is 0.743. The second-order valence-corrected chi connectivity index (χ2v) is 6.66. The molecule has 0 aliphatic carbocycles. The second kappa shape index (κ2) is 5.12. The maximum Gasteiger partial charge on any atom is 0.147 e. The number of aliphatic hydroxyl groups is 1. The fraction of sp³-hybridized carbons (Fsp3) is 1.00. The van der Waals surface area contributed by atoms with Gasteiger partial charge in [0.15, 0.2) is 0 Å². The van der Waals surface area contributed by atoms with Crippen molar-refractivity contribution in [3.05, 3.63) is 0 Å². The van der Waals surface area contributed by atoms with Crippen LogP contribution in [-0.2, 0) is 9.84 Å². The zero-order valence-electron chi connectivity index (χ0n) is 9.58. The summed E-state index contributed by atoms with van der Waals surface area (Å²) in [7, 11) is -2.89. The molecule has 2 atom stereocenters. The normalized spacial score (nSPS) is 18.9. The lowest BCUT2D eigenvalue weighted by Crippen LogP contribution is -2.32. The van der Waals surface area contributed by atoms with E-state index in [-0.39, 0.29) is 11.7 Å². The average Bonchev–Trinajstić information content (AvgIpc) is 2.00. The molecule has 0 aromatic heterocycles. The molecule has 14 heavy (non-hydrogen) atoms. The lowest BCUT2D eigenvalue weighted by atomic mass is 9.85. The molecule has 0 amide bonds. The Morgan fingerprint density at radius 1 is 1.43 bits per heavy atom. The first-order valence-electron chi connectivity index (χ1n) is 5.09. The van der Waals surface area contributed by atoms with Gasteiger partial charge in [-0.25, -0.2) is 8.42 Å². The monoisotopic (exact) mass is 222 g/mol. The van der Waals surface area contributed by atoms with Crippen molar-refractivity contribution in [3.8, 4) is 0 Å². The molecule has 0 aromatic carbocycles.